The van der Waals surface area contributed by atoms with Gasteiger partial charge >= 0.3 is 5.69 Å². The van der Waals surface area contributed by atoms with Crippen LogP contribution in [-0.4, -0.2) is 28.9 Å². The third-order valence-electron chi connectivity index (χ3n) is 3.96. The third-order valence-corrected chi connectivity index (χ3v) is 3.96. The first-order chi connectivity index (χ1) is 11.3. The fraction of sp³-hybridized carbons (Fsp3) is 0.353. The number of anilines is 2. The third kappa shape index (κ3) is 3.56. The summed E-state index contributed by atoms with van der Waals surface area (Å²) in [7, 11) is 1.67. The highest BCUT2D eigenvalue weighted by molar-refractivity contribution is 5.96. The minimum Gasteiger partial charge on any atom is -0.383 e. The Kier molecular flexibility index (Phi) is 5.23. The van der Waals surface area contributed by atoms with Crippen LogP contribution in [0.25, 0.3) is 0 Å². The molecule has 1 heterocycles. The van der Waals surface area contributed by atoms with Gasteiger partial charge in [-0.15, -0.1) is 0 Å². The summed E-state index contributed by atoms with van der Waals surface area (Å²) >= 11 is 0. The number of benzene rings is 1. The lowest BCUT2D eigenvalue weighted by molar-refractivity contribution is 0.0985. The number of hydrogen-bond donors (Lipinski definition) is 2. The number of aromatic amines is 1. The van der Waals surface area contributed by atoms with Crippen molar-refractivity contribution in [1.82, 2.24) is 9.55 Å². The number of carbonyl (C=O) groups is 1. The second kappa shape index (κ2) is 7.16. The average molecular weight is 330 g/mol. The molecule has 0 aliphatic rings. The average Bonchev–Trinajstić information content (AvgIpc) is 2.53. The topological polar surface area (TPSA) is 101 Å². The zero-order valence-electron chi connectivity index (χ0n) is 14.1. The Balaban J connectivity index is 2.17. The van der Waals surface area contributed by atoms with Crippen LogP contribution < -0.4 is 21.9 Å². The Morgan fingerprint density at radius 1 is 1.25 bits per heavy atom. The van der Waals surface area contributed by atoms with Crippen LogP contribution in [0.1, 0.15) is 29.3 Å². The predicted octanol–water partition coefficient (Wildman–Crippen LogP) is 1.16. The van der Waals surface area contributed by atoms with E-state index in [9.17, 15) is 14.4 Å². The number of nitrogens with two attached hydrogens (primary N) is 1. The maximum atomic E-state index is 12.2. The zero-order valence-corrected chi connectivity index (χ0v) is 14.1. The monoisotopic (exact) mass is 330 g/mol. The van der Waals surface area contributed by atoms with E-state index in [4.69, 9.17) is 5.73 Å². The first-order valence-electron chi connectivity index (χ1n) is 7.78. The molecule has 1 aromatic heterocycles. The van der Waals surface area contributed by atoms with Gasteiger partial charge in [-0.25, -0.2) is 4.79 Å². The Hall–Kier alpha value is -2.83. The number of nitrogens with zero attached hydrogens (tertiary/aromatic N) is 2. The molecule has 0 aliphatic carbocycles. The van der Waals surface area contributed by atoms with E-state index in [1.165, 1.54) is 4.57 Å². The lowest BCUT2D eigenvalue weighted by atomic mass is 10.1. The molecule has 7 nitrogen and oxygen atoms in total. The summed E-state index contributed by atoms with van der Waals surface area (Å²) in [6.07, 6.45) is 0.240. The smallest absolute Gasteiger partial charge is 0.330 e. The summed E-state index contributed by atoms with van der Waals surface area (Å²) in [5.74, 6) is 0.0946. The van der Waals surface area contributed by atoms with E-state index in [0.29, 0.717) is 18.7 Å². The summed E-state index contributed by atoms with van der Waals surface area (Å²) in [6, 6.07) is 7.35. The molecule has 2 rings (SSSR count). The van der Waals surface area contributed by atoms with Crippen molar-refractivity contribution in [2.75, 3.05) is 24.2 Å². The highest BCUT2D eigenvalue weighted by Crippen LogP contribution is 2.15. The highest BCUT2D eigenvalue weighted by atomic mass is 16.2. The van der Waals surface area contributed by atoms with Gasteiger partial charge in [-0.2, -0.15) is 0 Å². The maximum Gasteiger partial charge on any atom is 0.330 e. The molecule has 2 aromatic rings. The van der Waals surface area contributed by atoms with E-state index in [-0.39, 0.29) is 23.7 Å². The first kappa shape index (κ1) is 17.5. The maximum absolute atomic E-state index is 12.2. The molecule has 0 amide bonds. The van der Waals surface area contributed by atoms with E-state index in [1.54, 1.807) is 31.0 Å². The number of nitrogens with one attached hydrogen (secondary N) is 1. The summed E-state index contributed by atoms with van der Waals surface area (Å²) < 4.78 is 1.29. The Morgan fingerprint density at radius 2 is 1.88 bits per heavy atom. The van der Waals surface area contributed by atoms with E-state index >= 15 is 0 Å². The second-order valence-corrected chi connectivity index (χ2v) is 5.70. The zero-order chi connectivity index (χ0) is 17.9. The molecule has 0 saturated carbocycles. The molecule has 0 atom stereocenters. The highest BCUT2D eigenvalue weighted by Gasteiger charge is 2.16. The number of ketones is 1. The molecule has 0 fully saturated rings. The fourth-order valence-corrected chi connectivity index (χ4v) is 2.53. The predicted molar refractivity (Wildman–Crippen MR) is 94.8 cm³/mol. The number of carbonyl (C=O) groups excluding carboxylic acids is 1. The van der Waals surface area contributed by atoms with Crippen molar-refractivity contribution in [3.8, 4) is 0 Å². The molecule has 128 valence electrons. The quantitative estimate of drug-likeness (QED) is 0.774. The van der Waals surface area contributed by atoms with E-state index < -0.39 is 11.2 Å². The number of hydrogen-bond acceptors (Lipinski definition) is 5. The van der Waals surface area contributed by atoms with Crippen molar-refractivity contribution in [3.63, 3.8) is 0 Å². The van der Waals surface area contributed by atoms with Gasteiger partial charge < -0.3 is 10.6 Å². The summed E-state index contributed by atoms with van der Waals surface area (Å²) in [6.45, 7) is 4.40. The number of Topliss-reactive ketones (excluding diaryl/α,β-unsaturated/α-hetero) is 1. The number of aryl methyl sites for hydroxylation is 1. The van der Waals surface area contributed by atoms with Gasteiger partial charge in [-0.3, -0.25) is 19.1 Å². The SMILES string of the molecule is CCn1c(N)c(N(C)CCC(=O)c2ccc(C)cc2)c(=O)[nH]c1=O. The van der Waals surface area contributed by atoms with Crippen LogP contribution in [-0.2, 0) is 6.54 Å². The second-order valence-electron chi connectivity index (χ2n) is 5.70. The number of nitrogen functional groups attached to an aromatic ring is 1. The Bertz CT molecular complexity index is 850. The van der Waals surface area contributed by atoms with Crippen molar-refractivity contribution in [3.05, 3.63) is 56.2 Å². The molecule has 0 bridgehead atoms. The summed E-state index contributed by atoms with van der Waals surface area (Å²) in [4.78, 5) is 39.8. The molecule has 0 aliphatic heterocycles. The minimum atomic E-state index is -0.549. The molecule has 7 heteroatoms. The van der Waals surface area contributed by atoms with Gasteiger partial charge in [-0.1, -0.05) is 29.8 Å². The van der Waals surface area contributed by atoms with Crippen LogP contribution in [0.4, 0.5) is 11.5 Å². The summed E-state index contributed by atoms with van der Waals surface area (Å²) in [5.41, 5.74) is 6.79. The van der Waals surface area contributed by atoms with Gasteiger partial charge in [0, 0.05) is 32.1 Å². The molecule has 0 saturated heterocycles. The van der Waals surface area contributed by atoms with Crippen molar-refractivity contribution >= 4 is 17.3 Å². The van der Waals surface area contributed by atoms with Crippen LogP contribution in [0, 0.1) is 6.92 Å². The van der Waals surface area contributed by atoms with Crippen LogP contribution in [0.3, 0.4) is 0 Å². The van der Waals surface area contributed by atoms with Gasteiger partial charge in [0.25, 0.3) is 5.56 Å². The van der Waals surface area contributed by atoms with Gasteiger partial charge in [0.2, 0.25) is 0 Å². The first-order valence-corrected chi connectivity index (χ1v) is 7.78. The van der Waals surface area contributed by atoms with Gasteiger partial charge in [0.05, 0.1) is 0 Å². The number of aromatic nitrogens is 2. The fourth-order valence-electron chi connectivity index (χ4n) is 2.53. The minimum absolute atomic E-state index is 0.0133. The van der Waals surface area contributed by atoms with Crippen molar-refractivity contribution in [2.24, 2.45) is 0 Å². The van der Waals surface area contributed by atoms with Crippen LogP contribution in [0.15, 0.2) is 33.9 Å². The molecular weight excluding hydrogens is 308 g/mol. The lowest BCUT2D eigenvalue weighted by Crippen LogP contribution is -2.37. The van der Waals surface area contributed by atoms with Gasteiger partial charge in [-0.05, 0) is 13.8 Å². The summed E-state index contributed by atoms with van der Waals surface area (Å²) in [5, 5.41) is 0. The van der Waals surface area contributed by atoms with Crippen LogP contribution in [0.5, 0.6) is 0 Å². The molecule has 0 unspecified atom stereocenters. The van der Waals surface area contributed by atoms with Crippen LogP contribution in [0.2, 0.25) is 0 Å². The van der Waals surface area contributed by atoms with E-state index in [2.05, 4.69) is 4.98 Å². The number of rotatable bonds is 6. The van der Waals surface area contributed by atoms with Crippen LogP contribution >= 0.6 is 0 Å². The van der Waals surface area contributed by atoms with Crippen molar-refractivity contribution < 1.29 is 4.79 Å². The molecule has 1 aromatic carbocycles. The Morgan fingerprint density at radius 3 is 2.46 bits per heavy atom. The normalized spacial score (nSPS) is 10.6. The molecule has 3 N–H and O–H groups in total. The van der Waals surface area contributed by atoms with Gasteiger partial charge in [0.1, 0.15) is 11.5 Å². The standard InChI is InChI=1S/C17H22N4O3/c1-4-21-15(18)14(16(23)19-17(21)24)20(3)10-9-13(22)12-7-5-11(2)6-8-12/h5-8H,4,9-10,18H2,1-3H3,(H,19,23,24). The molecule has 0 radical (unpaired) electrons. The molecule has 0 spiro atoms. The lowest BCUT2D eigenvalue weighted by Gasteiger charge is -2.21. The number of H-pyrrole nitrogens is 1. The van der Waals surface area contributed by atoms with Crippen molar-refractivity contribution in [2.45, 2.75) is 26.8 Å². The van der Waals surface area contributed by atoms with Crippen molar-refractivity contribution in [1.29, 1.82) is 0 Å². The molecule has 24 heavy (non-hydrogen) atoms. The van der Waals surface area contributed by atoms with E-state index in [1.807, 2.05) is 19.1 Å². The van der Waals surface area contributed by atoms with Gasteiger partial charge in [0.15, 0.2) is 5.78 Å². The molecular formula is C17H22N4O3. The largest absolute Gasteiger partial charge is 0.383 e. The van der Waals surface area contributed by atoms with E-state index in [0.717, 1.165) is 5.56 Å². The Labute approximate surface area is 139 Å².